The Balaban J connectivity index is 1.85. The first-order valence-electron chi connectivity index (χ1n) is 5.67. The van der Waals surface area contributed by atoms with Crippen LogP contribution in [0.5, 0.6) is 0 Å². The maximum atomic E-state index is 4.50. The number of allylic oxidation sites excluding steroid dienone is 1. The molecular formula is C12H18N2. The van der Waals surface area contributed by atoms with E-state index in [0.29, 0.717) is 5.41 Å². The van der Waals surface area contributed by atoms with Gasteiger partial charge in [-0.25, -0.2) is 0 Å². The Hall–Kier alpha value is -0.790. The van der Waals surface area contributed by atoms with Gasteiger partial charge in [0.05, 0.1) is 6.54 Å². The van der Waals surface area contributed by atoms with E-state index < -0.39 is 0 Å². The first-order valence-corrected chi connectivity index (χ1v) is 5.67. The molecule has 2 bridgehead atoms. The number of nitrogens with zero attached hydrogens (tertiary/aromatic N) is 1. The summed E-state index contributed by atoms with van der Waals surface area (Å²) in [5.74, 6) is 2.90. The summed E-state index contributed by atoms with van der Waals surface area (Å²) < 4.78 is 0. The molecule has 1 saturated carbocycles. The summed E-state index contributed by atoms with van der Waals surface area (Å²) in [6.07, 6.45) is 5.12. The molecule has 0 aromatic rings. The fourth-order valence-electron chi connectivity index (χ4n) is 3.05. The molecule has 4 rings (SSSR count). The Bertz CT molecular complexity index is 325. The zero-order chi connectivity index (χ0) is 9.76. The van der Waals surface area contributed by atoms with Crippen molar-refractivity contribution < 1.29 is 0 Å². The average molecular weight is 190 g/mol. The van der Waals surface area contributed by atoms with Gasteiger partial charge < -0.3 is 5.32 Å². The van der Waals surface area contributed by atoms with Crippen LogP contribution < -0.4 is 5.32 Å². The van der Waals surface area contributed by atoms with Gasteiger partial charge in [0.1, 0.15) is 5.84 Å². The summed E-state index contributed by atoms with van der Waals surface area (Å²) >= 11 is 0. The standard InChI is InChI=1S/C12H18N2/c1-12(2)9-5-8(6-10(12)7-9)11-13-3-4-14-11/h5,9-10H,3-4,6-7H2,1-2H3,(H,13,14). The fraction of sp³-hybridized carbons (Fsp3) is 0.750. The van der Waals surface area contributed by atoms with E-state index in [1.165, 1.54) is 24.3 Å². The van der Waals surface area contributed by atoms with Gasteiger partial charge in [-0.05, 0) is 35.7 Å². The van der Waals surface area contributed by atoms with Crippen molar-refractivity contribution in [2.75, 3.05) is 13.1 Å². The van der Waals surface area contributed by atoms with Gasteiger partial charge in [0.25, 0.3) is 0 Å². The van der Waals surface area contributed by atoms with E-state index in [9.17, 15) is 0 Å². The third-order valence-corrected chi connectivity index (χ3v) is 4.39. The Kier molecular flexibility index (Phi) is 1.59. The molecule has 3 aliphatic carbocycles. The first kappa shape index (κ1) is 8.51. The minimum Gasteiger partial charge on any atom is -0.368 e. The molecule has 0 spiro atoms. The molecule has 1 fully saturated rings. The second kappa shape index (κ2) is 2.62. The molecule has 1 aliphatic heterocycles. The van der Waals surface area contributed by atoms with Crippen LogP contribution >= 0.6 is 0 Å². The quantitative estimate of drug-likeness (QED) is 0.671. The first-order chi connectivity index (χ1) is 6.68. The van der Waals surface area contributed by atoms with Crippen molar-refractivity contribution in [2.45, 2.75) is 26.7 Å². The van der Waals surface area contributed by atoms with Crippen LogP contribution in [0.1, 0.15) is 26.7 Å². The van der Waals surface area contributed by atoms with Crippen LogP contribution in [0, 0.1) is 17.3 Å². The topological polar surface area (TPSA) is 24.4 Å². The van der Waals surface area contributed by atoms with E-state index in [2.05, 4.69) is 30.2 Å². The number of amidine groups is 1. The van der Waals surface area contributed by atoms with Crippen LogP contribution in [-0.4, -0.2) is 18.9 Å². The highest BCUT2D eigenvalue weighted by atomic mass is 15.1. The molecule has 1 heterocycles. The maximum Gasteiger partial charge on any atom is 0.123 e. The van der Waals surface area contributed by atoms with Gasteiger partial charge in [-0.2, -0.15) is 0 Å². The molecule has 76 valence electrons. The van der Waals surface area contributed by atoms with E-state index in [1.54, 1.807) is 0 Å². The van der Waals surface area contributed by atoms with Crippen LogP contribution in [-0.2, 0) is 0 Å². The number of fused-ring (bicyclic) bond motifs is 1. The third-order valence-electron chi connectivity index (χ3n) is 4.39. The normalized spacial score (nSPS) is 38.1. The molecule has 1 N–H and O–H groups in total. The molecule has 2 nitrogen and oxygen atoms in total. The summed E-state index contributed by atoms with van der Waals surface area (Å²) in [5, 5.41) is 3.38. The average Bonchev–Trinajstić information content (AvgIpc) is 2.70. The number of nitrogens with one attached hydrogen (secondary N) is 1. The highest BCUT2D eigenvalue weighted by molar-refractivity contribution is 5.99. The molecule has 2 heteroatoms. The van der Waals surface area contributed by atoms with Crippen LogP contribution in [0.3, 0.4) is 0 Å². The molecule has 2 atom stereocenters. The van der Waals surface area contributed by atoms with Gasteiger partial charge >= 0.3 is 0 Å². The largest absolute Gasteiger partial charge is 0.368 e. The molecule has 0 aromatic carbocycles. The Morgan fingerprint density at radius 1 is 1.50 bits per heavy atom. The predicted molar refractivity (Wildman–Crippen MR) is 58.4 cm³/mol. The van der Waals surface area contributed by atoms with Gasteiger partial charge in [0.15, 0.2) is 0 Å². The molecule has 0 saturated heterocycles. The van der Waals surface area contributed by atoms with Crippen LogP contribution in [0.25, 0.3) is 0 Å². The molecule has 0 amide bonds. The lowest BCUT2D eigenvalue weighted by molar-refractivity contribution is 0.00106. The minimum absolute atomic E-state index is 0.558. The van der Waals surface area contributed by atoms with Gasteiger partial charge in [0.2, 0.25) is 0 Å². The van der Waals surface area contributed by atoms with E-state index in [4.69, 9.17) is 0 Å². The molecule has 4 aliphatic rings. The van der Waals surface area contributed by atoms with Crippen molar-refractivity contribution in [1.82, 2.24) is 5.32 Å². The van der Waals surface area contributed by atoms with Crippen molar-refractivity contribution >= 4 is 5.84 Å². The van der Waals surface area contributed by atoms with Crippen molar-refractivity contribution in [2.24, 2.45) is 22.2 Å². The molecule has 0 radical (unpaired) electrons. The van der Waals surface area contributed by atoms with Gasteiger partial charge in [0, 0.05) is 6.54 Å². The number of aliphatic imine (C=N–C) groups is 1. The Morgan fingerprint density at radius 2 is 2.36 bits per heavy atom. The van der Waals surface area contributed by atoms with Gasteiger partial charge in [-0.1, -0.05) is 19.9 Å². The monoisotopic (exact) mass is 190 g/mol. The van der Waals surface area contributed by atoms with Crippen molar-refractivity contribution in [3.05, 3.63) is 11.6 Å². The lowest BCUT2D eigenvalue weighted by Gasteiger charge is -2.55. The summed E-state index contributed by atoms with van der Waals surface area (Å²) in [5.41, 5.74) is 2.05. The number of hydrogen-bond acceptors (Lipinski definition) is 2. The number of hydrogen-bond donors (Lipinski definition) is 1. The maximum absolute atomic E-state index is 4.50. The Labute approximate surface area is 85.5 Å². The van der Waals surface area contributed by atoms with Gasteiger partial charge in [-0.3, -0.25) is 4.99 Å². The highest BCUT2D eigenvalue weighted by Crippen LogP contribution is 2.58. The molecule has 14 heavy (non-hydrogen) atoms. The van der Waals surface area contributed by atoms with E-state index >= 15 is 0 Å². The summed E-state index contributed by atoms with van der Waals surface area (Å²) in [4.78, 5) is 4.50. The number of rotatable bonds is 1. The van der Waals surface area contributed by atoms with Crippen LogP contribution in [0.4, 0.5) is 0 Å². The van der Waals surface area contributed by atoms with Crippen molar-refractivity contribution in [1.29, 1.82) is 0 Å². The highest BCUT2D eigenvalue weighted by Gasteiger charge is 2.50. The molecular weight excluding hydrogens is 172 g/mol. The molecule has 2 unspecified atom stereocenters. The van der Waals surface area contributed by atoms with Gasteiger partial charge in [-0.15, -0.1) is 0 Å². The van der Waals surface area contributed by atoms with E-state index in [1.807, 2.05) is 0 Å². The lowest BCUT2D eigenvalue weighted by Crippen LogP contribution is -2.48. The second-order valence-electron chi connectivity index (χ2n) is 5.41. The fourth-order valence-corrected chi connectivity index (χ4v) is 3.05. The summed E-state index contributed by atoms with van der Waals surface area (Å²) in [7, 11) is 0. The smallest absolute Gasteiger partial charge is 0.123 e. The summed E-state index contributed by atoms with van der Waals surface area (Å²) in [6, 6.07) is 0. The molecule has 0 aromatic heterocycles. The SMILES string of the molecule is CC1(C)C2C=C(C3=NCCN3)CC1C2. The zero-order valence-electron chi connectivity index (χ0n) is 9.01. The summed E-state index contributed by atoms with van der Waals surface area (Å²) in [6.45, 7) is 6.81. The Morgan fingerprint density at radius 3 is 2.86 bits per heavy atom. The zero-order valence-corrected chi connectivity index (χ0v) is 9.01. The van der Waals surface area contributed by atoms with Crippen LogP contribution in [0.15, 0.2) is 16.6 Å². The van der Waals surface area contributed by atoms with Crippen molar-refractivity contribution in [3.63, 3.8) is 0 Å². The van der Waals surface area contributed by atoms with Crippen molar-refractivity contribution in [3.8, 4) is 0 Å². The van der Waals surface area contributed by atoms with Crippen LogP contribution in [0.2, 0.25) is 0 Å². The minimum atomic E-state index is 0.558. The second-order valence-corrected chi connectivity index (χ2v) is 5.41. The third kappa shape index (κ3) is 0.999. The lowest BCUT2D eigenvalue weighted by atomic mass is 9.50. The van der Waals surface area contributed by atoms with E-state index in [-0.39, 0.29) is 0 Å². The predicted octanol–water partition coefficient (Wildman–Crippen LogP) is 1.98. The van der Waals surface area contributed by atoms with E-state index in [0.717, 1.165) is 24.9 Å².